The number of carbonyl (C=O) groups excluding carboxylic acids is 2. The van der Waals surface area contributed by atoms with E-state index in [4.69, 9.17) is 0 Å². The maximum atomic E-state index is 12.4. The normalized spacial score (nSPS) is 17.4. The van der Waals surface area contributed by atoms with Gasteiger partial charge in [-0.1, -0.05) is 30.3 Å². The van der Waals surface area contributed by atoms with E-state index in [9.17, 15) is 14.4 Å². The van der Waals surface area contributed by atoms with Gasteiger partial charge in [0.05, 0.1) is 6.54 Å². The molecule has 1 aliphatic heterocycles. The van der Waals surface area contributed by atoms with Gasteiger partial charge >= 0.3 is 0 Å². The smallest absolute Gasteiger partial charge is 0.272 e. The van der Waals surface area contributed by atoms with Crippen molar-refractivity contribution in [2.24, 2.45) is 0 Å². The van der Waals surface area contributed by atoms with E-state index < -0.39 is 11.9 Å². The van der Waals surface area contributed by atoms with Crippen LogP contribution in [-0.4, -0.2) is 34.2 Å². The first-order chi connectivity index (χ1) is 12.1. The fourth-order valence-electron chi connectivity index (χ4n) is 2.75. The molecule has 2 heterocycles. The van der Waals surface area contributed by atoms with Crippen LogP contribution in [-0.2, 0) is 11.3 Å². The summed E-state index contributed by atoms with van der Waals surface area (Å²) in [6.45, 7) is 0.913. The van der Waals surface area contributed by atoms with E-state index >= 15 is 0 Å². The van der Waals surface area contributed by atoms with Crippen LogP contribution in [0.3, 0.4) is 0 Å². The van der Waals surface area contributed by atoms with Gasteiger partial charge in [-0.3, -0.25) is 14.4 Å². The molecule has 1 atom stereocenters. The summed E-state index contributed by atoms with van der Waals surface area (Å²) in [6, 6.07) is 11.6. The second-order valence-electron chi connectivity index (χ2n) is 6.01. The van der Waals surface area contributed by atoms with E-state index in [2.05, 4.69) is 15.7 Å². The van der Waals surface area contributed by atoms with E-state index in [1.807, 2.05) is 30.3 Å². The third kappa shape index (κ3) is 4.32. The molecule has 7 nitrogen and oxygen atoms in total. The number of aromatic nitrogens is 2. The molecule has 0 unspecified atom stereocenters. The standard InChI is InChI=1S/C18H20N4O3/c23-16-10-9-15(21-22(16)12-13-6-2-1-3-7-13)18(25)20-14-8-4-5-11-19-17(14)24/h1-3,6-7,9-10,14H,4-5,8,11-12H2,(H,19,24)(H,20,25)/t14-/m1/s1. The second kappa shape index (κ2) is 7.74. The molecule has 1 saturated heterocycles. The molecule has 0 radical (unpaired) electrons. The van der Waals surface area contributed by atoms with Crippen LogP contribution in [0.4, 0.5) is 0 Å². The highest BCUT2D eigenvalue weighted by Crippen LogP contribution is 2.06. The molecule has 1 aromatic heterocycles. The van der Waals surface area contributed by atoms with Crippen LogP contribution in [0.1, 0.15) is 35.3 Å². The second-order valence-corrected chi connectivity index (χ2v) is 6.01. The van der Waals surface area contributed by atoms with Gasteiger partial charge in [-0.25, -0.2) is 4.68 Å². The Labute approximate surface area is 145 Å². The van der Waals surface area contributed by atoms with Gasteiger partial charge in [0, 0.05) is 12.6 Å². The molecule has 3 rings (SSSR count). The Morgan fingerprint density at radius 1 is 1.16 bits per heavy atom. The third-order valence-corrected chi connectivity index (χ3v) is 4.12. The van der Waals surface area contributed by atoms with Crippen molar-refractivity contribution in [3.8, 4) is 0 Å². The molecule has 0 bridgehead atoms. The summed E-state index contributed by atoms with van der Waals surface area (Å²) in [5, 5.41) is 9.62. The maximum absolute atomic E-state index is 12.4. The Balaban J connectivity index is 1.75. The van der Waals surface area contributed by atoms with Crippen molar-refractivity contribution in [3.63, 3.8) is 0 Å². The third-order valence-electron chi connectivity index (χ3n) is 4.12. The maximum Gasteiger partial charge on any atom is 0.272 e. The molecule has 2 N–H and O–H groups in total. The average molecular weight is 340 g/mol. The average Bonchev–Trinajstić information content (AvgIpc) is 2.82. The van der Waals surface area contributed by atoms with Crippen molar-refractivity contribution in [1.29, 1.82) is 0 Å². The number of nitrogens with one attached hydrogen (secondary N) is 2. The van der Waals surface area contributed by atoms with Gasteiger partial charge in [0.25, 0.3) is 11.5 Å². The lowest BCUT2D eigenvalue weighted by Crippen LogP contribution is -2.46. The van der Waals surface area contributed by atoms with Gasteiger partial charge in [-0.05, 0) is 30.9 Å². The Kier molecular flexibility index (Phi) is 5.23. The molecule has 2 aromatic rings. The summed E-state index contributed by atoms with van der Waals surface area (Å²) in [7, 11) is 0. The molecular weight excluding hydrogens is 320 g/mol. The molecule has 130 valence electrons. The van der Waals surface area contributed by atoms with Gasteiger partial charge < -0.3 is 10.6 Å². The van der Waals surface area contributed by atoms with Crippen LogP contribution < -0.4 is 16.2 Å². The molecule has 0 aliphatic carbocycles. The van der Waals surface area contributed by atoms with E-state index in [1.54, 1.807) is 0 Å². The molecule has 2 amide bonds. The van der Waals surface area contributed by atoms with Crippen molar-refractivity contribution in [1.82, 2.24) is 20.4 Å². The lowest BCUT2D eigenvalue weighted by molar-refractivity contribution is -0.122. The summed E-state index contributed by atoms with van der Waals surface area (Å²) in [4.78, 5) is 36.4. The van der Waals surface area contributed by atoms with Gasteiger partial charge in [0.1, 0.15) is 11.7 Å². The molecule has 0 spiro atoms. The molecule has 25 heavy (non-hydrogen) atoms. The van der Waals surface area contributed by atoms with Crippen LogP contribution in [0.25, 0.3) is 0 Å². The zero-order valence-electron chi connectivity index (χ0n) is 13.8. The molecule has 7 heteroatoms. The van der Waals surface area contributed by atoms with Crippen LogP contribution in [0.2, 0.25) is 0 Å². The van der Waals surface area contributed by atoms with Crippen LogP contribution in [0.5, 0.6) is 0 Å². The fraction of sp³-hybridized carbons (Fsp3) is 0.333. The summed E-state index contributed by atoms with van der Waals surface area (Å²) < 4.78 is 1.25. The Morgan fingerprint density at radius 3 is 2.76 bits per heavy atom. The van der Waals surface area contributed by atoms with Crippen molar-refractivity contribution >= 4 is 11.8 Å². The van der Waals surface area contributed by atoms with Crippen LogP contribution >= 0.6 is 0 Å². The van der Waals surface area contributed by atoms with Gasteiger partial charge in [0.2, 0.25) is 5.91 Å². The number of hydrogen-bond acceptors (Lipinski definition) is 4. The van der Waals surface area contributed by atoms with Crippen molar-refractivity contribution in [3.05, 3.63) is 64.1 Å². The Bertz CT molecular complexity index is 817. The highest BCUT2D eigenvalue weighted by atomic mass is 16.2. The molecular formula is C18H20N4O3. The summed E-state index contributed by atoms with van der Waals surface area (Å²) >= 11 is 0. The lowest BCUT2D eigenvalue weighted by atomic mass is 10.1. The van der Waals surface area contributed by atoms with Crippen molar-refractivity contribution < 1.29 is 9.59 Å². The molecule has 0 saturated carbocycles. The minimum atomic E-state index is -0.564. The minimum absolute atomic E-state index is 0.118. The first-order valence-corrected chi connectivity index (χ1v) is 8.34. The van der Waals surface area contributed by atoms with Gasteiger partial charge in [-0.2, -0.15) is 5.10 Å². The predicted molar refractivity (Wildman–Crippen MR) is 92.2 cm³/mol. The lowest BCUT2D eigenvalue weighted by Gasteiger charge is -2.15. The highest BCUT2D eigenvalue weighted by molar-refractivity contribution is 5.96. The number of hydrogen-bond donors (Lipinski definition) is 2. The first kappa shape index (κ1) is 16.9. The summed E-state index contributed by atoms with van der Waals surface area (Å²) in [5.41, 5.74) is 0.748. The van der Waals surface area contributed by atoms with Gasteiger partial charge in [0.15, 0.2) is 0 Å². The number of nitrogens with zero attached hydrogens (tertiary/aromatic N) is 2. The number of amides is 2. The fourth-order valence-corrected chi connectivity index (χ4v) is 2.75. The Morgan fingerprint density at radius 2 is 1.96 bits per heavy atom. The summed E-state index contributed by atoms with van der Waals surface area (Å²) in [5.74, 6) is -0.632. The quantitative estimate of drug-likeness (QED) is 0.856. The van der Waals surface area contributed by atoms with Gasteiger partial charge in [-0.15, -0.1) is 0 Å². The van der Waals surface area contributed by atoms with Crippen molar-refractivity contribution in [2.75, 3.05) is 6.54 Å². The minimum Gasteiger partial charge on any atom is -0.354 e. The van der Waals surface area contributed by atoms with E-state index in [0.717, 1.165) is 18.4 Å². The number of rotatable bonds is 4. The zero-order valence-corrected chi connectivity index (χ0v) is 13.8. The summed E-state index contributed by atoms with van der Waals surface area (Å²) in [6.07, 6.45) is 2.37. The van der Waals surface area contributed by atoms with Crippen LogP contribution in [0, 0.1) is 0 Å². The van der Waals surface area contributed by atoms with Crippen LogP contribution in [0.15, 0.2) is 47.3 Å². The molecule has 1 fully saturated rings. The topological polar surface area (TPSA) is 93.1 Å². The zero-order chi connectivity index (χ0) is 17.6. The molecule has 1 aromatic carbocycles. The number of carbonyl (C=O) groups is 2. The Hall–Kier alpha value is -2.96. The van der Waals surface area contributed by atoms with E-state index in [-0.39, 0.29) is 23.7 Å². The van der Waals surface area contributed by atoms with Crippen molar-refractivity contribution in [2.45, 2.75) is 31.8 Å². The van der Waals surface area contributed by atoms with E-state index in [0.29, 0.717) is 13.0 Å². The largest absolute Gasteiger partial charge is 0.354 e. The monoisotopic (exact) mass is 340 g/mol. The highest BCUT2D eigenvalue weighted by Gasteiger charge is 2.23. The molecule has 1 aliphatic rings. The predicted octanol–water partition coefficient (Wildman–Crippen LogP) is 0.690. The SMILES string of the molecule is O=C(N[C@@H]1CCCCNC1=O)c1ccc(=O)n(Cc2ccccc2)n1. The number of benzene rings is 1. The first-order valence-electron chi connectivity index (χ1n) is 8.34. The van der Waals surface area contributed by atoms with E-state index in [1.165, 1.54) is 16.8 Å².